The summed E-state index contributed by atoms with van der Waals surface area (Å²) in [5, 5.41) is 0. The first-order chi connectivity index (χ1) is 9.99. The first-order valence-electron chi connectivity index (χ1n) is 7.72. The van der Waals surface area contributed by atoms with E-state index < -0.39 is 10.0 Å². The van der Waals surface area contributed by atoms with Crippen LogP contribution >= 0.6 is 0 Å². The van der Waals surface area contributed by atoms with Gasteiger partial charge in [-0.2, -0.15) is 8.42 Å². The molecule has 0 bridgehead atoms. The molecular weight excluding hydrogens is 302 g/mol. The Morgan fingerprint density at radius 1 is 0.952 bits per heavy atom. The molecule has 5 heteroatoms. The summed E-state index contributed by atoms with van der Waals surface area (Å²) < 4.78 is 28.9. The van der Waals surface area contributed by atoms with E-state index in [2.05, 4.69) is 17.6 Å². The predicted molar refractivity (Wildman–Crippen MR) is 92.3 cm³/mol. The Hall–Kier alpha value is -0.680. The lowest BCUT2D eigenvalue weighted by molar-refractivity contribution is 0.598. The van der Waals surface area contributed by atoms with Crippen molar-refractivity contribution in [3.8, 4) is 0 Å². The minimum atomic E-state index is -3.50. The Balaban J connectivity index is 2.84. The van der Waals surface area contributed by atoms with Gasteiger partial charge in [0.1, 0.15) is 0 Å². The van der Waals surface area contributed by atoms with Crippen LogP contribution in [0.4, 0.5) is 0 Å². The minimum absolute atomic E-state index is 0.315. The number of hydrogen-bond donors (Lipinski definition) is 0. The highest BCUT2D eigenvalue weighted by atomic mass is 32.3. The fourth-order valence-electron chi connectivity index (χ4n) is 2.00. The fraction of sp³-hybridized carbons (Fsp3) is 0.625. The second-order valence-electron chi connectivity index (χ2n) is 5.29. The zero-order chi connectivity index (χ0) is 15.7. The van der Waals surface area contributed by atoms with Crippen LogP contribution in [0.25, 0.3) is 0 Å². The number of hydrogen-bond acceptors (Lipinski definition) is 2. The Kier molecular flexibility index (Phi) is 8.19. The molecule has 0 radical (unpaired) electrons. The Bertz CT molecular complexity index is 548. The number of rotatable bonds is 9. The summed E-state index contributed by atoms with van der Waals surface area (Å²) in [5.41, 5.74) is 1.06. The van der Waals surface area contributed by atoms with Gasteiger partial charge in [0.25, 0.3) is 10.0 Å². The molecule has 0 aliphatic rings. The van der Waals surface area contributed by atoms with E-state index in [1.807, 2.05) is 19.1 Å². The monoisotopic (exact) mass is 329 g/mol. The van der Waals surface area contributed by atoms with Crippen LogP contribution in [0.1, 0.15) is 51.5 Å². The van der Waals surface area contributed by atoms with Crippen molar-refractivity contribution in [3.63, 3.8) is 0 Å². The molecule has 1 aromatic carbocycles. The van der Waals surface area contributed by atoms with Gasteiger partial charge in [-0.15, -0.1) is 3.77 Å². The highest BCUT2D eigenvalue weighted by molar-refractivity contribution is 8.00. The van der Waals surface area contributed by atoms with E-state index in [0.717, 1.165) is 29.9 Å². The maximum absolute atomic E-state index is 12.4. The van der Waals surface area contributed by atoms with E-state index in [1.54, 1.807) is 12.1 Å². The molecule has 0 heterocycles. The summed E-state index contributed by atoms with van der Waals surface area (Å²) in [6.07, 6.45) is 5.63. The molecule has 21 heavy (non-hydrogen) atoms. The third kappa shape index (κ3) is 6.74. The Morgan fingerprint density at radius 3 is 2.19 bits per heavy atom. The highest BCUT2D eigenvalue weighted by Gasteiger charge is 2.13. The molecule has 0 amide bonds. The van der Waals surface area contributed by atoms with Crippen LogP contribution in [0.3, 0.4) is 0 Å². The molecule has 1 atom stereocenters. The molecule has 0 spiro atoms. The standard InChI is InChI=1S/C16H27NO2S2/c1-4-6-7-8-14-20(13-5-2)17-21(18,19)16-11-9-15(3)10-12-16/h9-12H,4-8,13-14H2,1-3H3/t20-/m0/s1. The van der Waals surface area contributed by atoms with Crippen molar-refractivity contribution >= 4 is 20.7 Å². The zero-order valence-electron chi connectivity index (χ0n) is 13.3. The van der Waals surface area contributed by atoms with Gasteiger partial charge in [-0.1, -0.05) is 61.5 Å². The number of nitrogens with zero attached hydrogens (tertiary/aromatic N) is 1. The number of unbranched alkanes of at least 4 members (excludes halogenated alkanes) is 3. The minimum Gasteiger partial charge on any atom is -0.199 e. The van der Waals surface area contributed by atoms with Gasteiger partial charge in [-0.05, 0) is 31.9 Å². The third-order valence-electron chi connectivity index (χ3n) is 3.20. The van der Waals surface area contributed by atoms with Crippen LogP contribution in [0.2, 0.25) is 0 Å². The lowest BCUT2D eigenvalue weighted by Gasteiger charge is -2.07. The lowest BCUT2D eigenvalue weighted by atomic mass is 10.2. The lowest BCUT2D eigenvalue weighted by Crippen LogP contribution is -2.07. The van der Waals surface area contributed by atoms with Gasteiger partial charge >= 0.3 is 0 Å². The van der Waals surface area contributed by atoms with Crippen LogP contribution < -0.4 is 0 Å². The van der Waals surface area contributed by atoms with Crippen molar-refractivity contribution in [2.45, 2.75) is 57.8 Å². The van der Waals surface area contributed by atoms with E-state index >= 15 is 0 Å². The molecule has 120 valence electrons. The summed E-state index contributed by atoms with van der Waals surface area (Å²) in [4.78, 5) is 0.315. The van der Waals surface area contributed by atoms with Gasteiger partial charge < -0.3 is 0 Å². The van der Waals surface area contributed by atoms with Crippen LogP contribution in [0.5, 0.6) is 0 Å². The Morgan fingerprint density at radius 2 is 1.62 bits per heavy atom. The van der Waals surface area contributed by atoms with Crippen molar-refractivity contribution in [2.75, 3.05) is 11.5 Å². The number of sulfonamides is 1. The maximum atomic E-state index is 12.4. The fourth-order valence-corrected chi connectivity index (χ4v) is 5.74. The van der Waals surface area contributed by atoms with Crippen LogP contribution in [0, 0.1) is 6.92 Å². The van der Waals surface area contributed by atoms with E-state index in [-0.39, 0.29) is 10.7 Å². The molecule has 0 aliphatic carbocycles. The second-order valence-corrected chi connectivity index (χ2v) is 9.05. The van der Waals surface area contributed by atoms with Gasteiger partial charge in [-0.25, -0.2) is 0 Å². The van der Waals surface area contributed by atoms with Crippen LogP contribution in [-0.4, -0.2) is 19.9 Å². The molecule has 0 unspecified atom stereocenters. The molecular formula is C16H27NO2S2. The predicted octanol–water partition coefficient (Wildman–Crippen LogP) is 4.48. The summed E-state index contributed by atoms with van der Waals surface area (Å²) in [6, 6.07) is 6.95. The molecule has 0 aromatic heterocycles. The molecule has 0 fully saturated rings. The molecule has 1 aromatic rings. The first kappa shape index (κ1) is 18.4. The second kappa shape index (κ2) is 9.36. The number of aryl methyl sites for hydroxylation is 1. The van der Waals surface area contributed by atoms with Gasteiger partial charge in [0.05, 0.1) is 4.90 Å². The van der Waals surface area contributed by atoms with Crippen LogP contribution in [-0.2, 0) is 20.7 Å². The van der Waals surface area contributed by atoms with Crippen LogP contribution in [0.15, 0.2) is 32.9 Å². The van der Waals surface area contributed by atoms with E-state index in [0.29, 0.717) is 4.90 Å². The van der Waals surface area contributed by atoms with Crippen molar-refractivity contribution in [1.29, 1.82) is 0 Å². The average Bonchev–Trinajstić information content (AvgIpc) is 2.44. The maximum Gasteiger partial charge on any atom is 0.287 e. The molecule has 0 saturated carbocycles. The normalized spacial score (nSPS) is 13.5. The summed E-state index contributed by atoms with van der Waals surface area (Å²) >= 11 is 0. The quantitative estimate of drug-likeness (QED) is 0.627. The van der Waals surface area contributed by atoms with E-state index in [1.165, 1.54) is 19.3 Å². The molecule has 0 saturated heterocycles. The van der Waals surface area contributed by atoms with Crippen molar-refractivity contribution in [3.05, 3.63) is 29.8 Å². The number of benzene rings is 1. The van der Waals surface area contributed by atoms with Gasteiger partial charge in [0.15, 0.2) is 0 Å². The van der Waals surface area contributed by atoms with E-state index in [9.17, 15) is 8.42 Å². The first-order valence-corrected chi connectivity index (χ1v) is 10.7. The van der Waals surface area contributed by atoms with Crippen molar-refractivity contribution in [1.82, 2.24) is 0 Å². The van der Waals surface area contributed by atoms with Gasteiger partial charge in [0, 0.05) is 11.5 Å². The average molecular weight is 330 g/mol. The summed E-state index contributed by atoms with van der Waals surface area (Å²) in [6.45, 7) is 6.21. The molecule has 1 rings (SSSR count). The smallest absolute Gasteiger partial charge is 0.199 e. The summed E-state index contributed by atoms with van der Waals surface area (Å²) in [5.74, 6) is 1.77. The van der Waals surface area contributed by atoms with Crippen molar-refractivity contribution < 1.29 is 8.42 Å². The van der Waals surface area contributed by atoms with Crippen molar-refractivity contribution in [2.24, 2.45) is 3.77 Å². The summed E-state index contributed by atoms with van der Waals surface area (Å²) in [7, 11) is -3.87. The van der Waals surface area contributed by atoms with Gasteiger partial charge in [0.2, 0.25) is 0 Å². The van der Waals surface area contributed by atoms with E-state index in [4.69, 9.17) is 0 Å². The zero-order valence-corrected chi connectivity index (χ0v) is 15.0. The third-order valence-corrected chi connectivity index (χ3v) is 7.33. The topological polar surface area (TPSA) is 46.5 Å². The highest BCUT2D eigenvalue weighted by Crippen LogP contribution is 2.15. The Labute approximate surface area is 132 Å². The largest absolute Gasteiger partial charge is 0.287 e. The molecule has 0 aliphatic heterocycles. The SMILES string of the molecule is CCCCCC[S@](CCC)=NS(=O)(=O)c1ccc(C)cc1. The van der Waals surface area contributed by atoms with Gasteiger partial charge in [-0.3, -0.25) is 0 Å². The molecule has 3 nitrogen and oxygen atoms in total. The molecule has 0 N–H and O–H groups in total.